The minimum atomic E-state index is -0.477. The maximum atomic E-state index is 12.6. The Bertz CT molecular complexity index is 561. The number of ether oxygens (including phenoxy) is 1. The summed E-state index contributed by atoms with van der Waals surface area (Å²) in [7, 11) is 0. The van der Waals surface area contributed by atoms with Crippen LogP contribution in [0, 0.1) is 0 Å². The van der Waals surface area contributed by atoms with Gasteiger partial charge in [0, 0.05) is 5.41 Å². The lowest BCUT2D eigenvalue weighted by Gasteiger charge is -2.27. The average molecular weight is 305 g/mol. The molecule has 2 heterocycles. The van der Waals surface area contributed by atoms with Gasteiger partial charge in [0.15, 0.2) is 0 Å². The van der Waals surface area contributed by atoms with Crippen molar-refractivity contribution in [2.75, 3.05) is 13.1 Å². The molecule has 0 spiro atoms. The zero-order valence-corrected chi connectivity index (χ0v) is 14.1. The first-order valence-corrected chi connectivity index (χ1v) is 8.32. The molecule has 1 aromatic rings. The number of esters is 1. The number of hydrogen-bond acceptors (Lipinski definition) is 4. The quantitative estimate of drug-likeness (QED) is 0.873. The van der Waals surface area contributed by atoms with Gasteiger partial charge in [0.1, 0.15) is 11.2 Å². The van der Waals surface area contributed by atoms with Crippen LogP contribution in [0.4, 0.5) is 0 Å². The summed E-state index contributed by atoms with van der Waals surface area (Å²) in [5.74, 6) is -0.240. The molecule has 3 rings (SSSR count). The molecule has 0 radical (unpaired) electrons. The van der Waals surface area contributed by atoms with Crippen molar-refractivity contribution in [1.82, 2.24) is 15.1 Å². The number of hydrogen-bond donors (Lipinski definition) is 1. The van der Waals surface area contributed by atoms with Crippen molar-refractivity contribution >= 4 is 5.97 Å². The summed E-state index contributed by atoms with van der Waals surface area (Å²) < 4.78 is 7.70. The second kappa shape index (κ2) is 5.37. The summed E-state index contributed by atoms with van der Waals surface area (Å²) in [4.78, 5) is 12.6. The molecule has 5 nitrogen and oxygen atoms in total. The van der Waals surface area contributed by atoms with Gasteiger partial charge in [0.25, 0.3) is 0 Å². The highest BCUT2D eigenvalue weighted by molar-refractivity contribution is 5.91. The zero-order chi connectivity index (χ0) is 16.0. The largest absolute Gasteiger partial charge is 0.456 e. The van der Waals surface area contributed by atoms with E-state index < -0.39 is 5.60 Å². The van der Waals surface area contributed by atoms with E-state index in [2.05, 4.69) is 22.0 Å². The van der Waals surface area contributed by atoms with E-state index in [9.17, 15) is 4.79 Å². The van der Waals surface area contributed by atoms with Crippen LogP contribution in [-0.4, -0.2) is 34.4 Å². The number of nitrogens with one attached hydrogen (secondary N) is 1. The topological polar surface area (TPSA) is 56.1 Å². The molecule has 0 bridgehead atoms. The molecular formula is C17H27N3O2. The van der Waals surface area contributed by atoms with Crippen molar-refractivity contribution in [2.24, 2.45) is 0 Å². The maximum absolute atomic E-state index is 12.6. The van der Waals surface area contributed by atoms with Crippen molar-refractivity contribution in [3.63, 3.8) is 0 Å². The van der Waals surface area contributed by atoms with E-state index in [-0.39, 0.29) is 11.4 Å². The minimum Gasteiger partial charge on any atom is -0.456 e. The molecule has 5 heteroatoms. The summed E-state index contributed by atoms with van der Waals surface area (Å²) >= 11 is 0. The van der Waals surface area contributed by atoms with E-state index in [1.807, 2.05) is 20.8 Å². The lowest BCUT2D eigenvalue weighted by atomic mass is 9.98. The first-order valence-electron chi connectivity index (χ1n) is 8.32. The highest BCUT2D eigenvalue weighted by atomic mass is 16.6. The summed E-state index contributed by atoms with van der Waals surface area (Å²) in [6.07, 6.45) is 6.10. The van der Waals surface area contributed by atoms with Crippen LogP contribution in [0.3, 0.4) is 0 Å². The lowest BCUT2D eigenvalue weighted by molar-refractivity contribution is 0.00672. The fourth-order valence-corrected chi connectivity index (χ4v) is 3.20. The van der Waals surface area contributed by atoms with Crippen LogP contribution in [0.1, 0.15) is 75.5 Å². The van der Waals surface area contributed by atoms with E-state index in [0.29, 0.717) is 11.6 Å². The number of carbonyl (C=O) groups excluding carboxylic acids is 1. The Morgan fingerprint density at radius 2 is 2.00 bits per heavy atom. The van der Waals surface area contributed by atoms with Gasteiger partial charge in [0.2, 0.25) is 0 Å². The Morgan fingerprint density at radius 1 is 1.36 bits per heavy atom. The van der Waals surface area contributed by atoms with Crippen molar-refractivity contribution in [3.05, 3.63) is 17.5 Å². The summed E-state index contributed by atoms with van der Waals surface area (Å²) in [6, 6.07) is 0.393. The third-order valence-corrected chi connectivity index (χ3v) is 4.64. The van der Waals surface area contributed by atoms with Crippen LogP contribution in [0.15, 0.2) is 6.20 Å². The van der Waals surface area contributed by atoms with E-state index >= 15 is 0 Å². The fraction of sp³-hybridized carbons (Fsp3) is 0.765. The maximum Gasteiger partial charge on any atom is 0.342 e. The third-order valence-electron chi connectivity index (χ3n) is 4.64. The SMILES string of the molecule is CC(C)(C)OC(=O)c1cnn(C2CCNCC2)c1C1(C)CC1. The first kappa shape index (κ1) is 15.5. The van der Waals surface area contributed by atoms with Crippen LogP contribution in [0.5, 0.6) is 0 Å². The Balaban J connectivity index is 1.94. The minimum absolute atomic E-state index is 0.0909. The monoisotopic (exact) mass is 305 g/mol. The van der Waals surface area contributed by atoms with Crippen LogP contribution >= 0.6 is 0 Å². The highest BCUT2D eigenvalue weighted by Crippen LogP contribution is 2.50. The van der Waals surface area contributed by atoms with Crippen LogP contribution in [0.25, 0.3) is 0 Å². The zero-order valence-electron chi connectivity index (χ0n) is 14.1. The summed E-state index contributed by atoms with van der Waals surface area (Å²) in [5.41, 5.74) is 1.37. The summed E-state index contributed by atoms with van der Waals surface area (Å²) in [6.45, 7) is 9.97. The van der Waals surface area contributed by atoms with Crippen LogP contribution in [-0.2, 0) is 10.2 Å². The second-order valence-electron chi connectivity index (χ2n) is 7.90. The van der Waals surface area contributed by atoms with E-state index in [1.165, 1.54) is 0 Å². The predicted molar refractivity (Wildman–Crippen MR) is 85.1 cm³/mol. The van der Waals surface area contributed by atoms with Crippen LogP contribution in [0.2, 0.25) is 0 Å². The van der Waals surface area contributed by atoms with Crippen molar-refractivity contribution in [3.8, 4) is 0 Å². The number of nitrogens with zero attached hydrogens (tertiary/aromatic N) is 2. The number of aromatic nitrogens is 2. The molecule has 1 aliphatic heterocycles. The Morgan fingerprint density at radius 3 is 2.55 bits per heavy atom. The molecule has 2 aliphatic rings. The van der Waals surface area contributed by atoms with Crippen molar-refractivity contribution < 1.29 is 9.53 Å². The molecule has 1 saturated carbocycles. The van der Waals surface area contributed by atoms with Gasteiger partial charge in [-0.2, -0.15) is 5.10 Å². The molecule has 0 aromatic carbocycles. The Labute approximate surface area is 132 Å². The van der Waals surface area contributed by atoms with Gasteiger partial charge < -0.3 is 10.1 Å². The van der Waals surface area contributed by atoms with Gasteiger partial charge in [-0.1, -0.05) is 6.92 Å². The molecule has 22 heavy (non-hydrogen) atoms. The van der Waals surface area contributed by atoms with E-state index in [0.717, 1.165) is 44.5 Å². The molecule has 2 fully saturated rings. The summed E-state index contributed by atoms with van der Waals surface area (Å²) in [5, 5.41) is 7.97. The molecule has 0 amide bonds. The van der Waals surface area contributed by atoms with Crippen LogP contribution < -0.4 is 5.32 Å². The number of rotatable bonds is 3. The average Bonchev–Trinajstić information content (AvgIpc) is 3.03. The second-order valence-corrected chi connectivity index (χ2v) is 7.90. The van der Waals surface area contributed by atoms with Gasteiger partial charge in [-0.15, -0.1) is 0 Å². The molecule has 1 saturated heterocycles. The van der Waals surface area contributed by atoms with Crippen molar-refractivity contribution in [1.29, 1.82) is 0 Å². The van der Waals surface area contributed by atoms with E-state index in [4.69, 9.17) is 4.74 Å². The normalized spacial score (nSPS) is 21.6. The molecule has 1 N–H and O–H groups in total. The molecule has 122 valence electrons. The molecule has 1 aromatic heterocycles. The Kier molecular flexibility index (Phi) is 3.79. The molecule has 0 unspecified atom stereocenters. The Hall–Kier alpha value is -1.36. The standard InChI is InChI=1S/C17H27N3O2/c1-16(2,3)22-15(21)13-11-19-20(12-5-9-18-10-6-12)14(13)17(4)7-8-17/h11-12,18H,5-10H2,1-4H3. The fourth-order valence-electron chi connectivity index (χ4n) is 3.20. The number of carbonyl (C=O) groups is 1. The van der Waals surface area contributed by atoms with Gasteiger partial charge in [-0.05, 0) is 59.5 Å². The van der Waals surface area contributed by atoms with Crippen molar-refractivity contribution in [2.45, 2.75) is 70.4 Å². The predicted octanol–water partition coefficient (Wildman–Crippen LogP) is 2.81. The number of piperidine rings is 1. The van der Waals surface area contributed by atoms with E-state index in [1.54, 1.807) is 6.20 Å². The first-order chi connectivity index (χ1) is 10.3. The molecule has 0 atom stereocenters. The van der Waals surface area contributed by atoms with Gasteiger partial charge in [0.05, 0.1) is 17.9 Å². The van der Waals surface area contributed by atoms with Gasteiger partial charge in [-0.25, -0.2) is 4.79 Å². The molecular weight excluding hydrogens is 278 g/mol. The third kappa shape index (κ3) is 3.05. The van der Waals surface area contributed by atoms with Gasteiger partial charge in [-0.3, -0.25) is 4.68 Å². The van der Waals surface area contributed by atoms with Gasteiger partial charge >= 0.3 is 5.97 Å². The lowest BCUT2D eigenvalue weighted by Crippen LogP contribution is -2.32. The molecule has 1 aliphatic carbocycles. The highest BCUT2D eigenvalue weighted by Gasteiger charge is 2.46. The smallest absolute Gasteiger partial charge is 0.342 e.